The van der Waals surface area contributed by atoms with Crippen LogP contribution >= 0.6 is 11.8 Å². The van der Waals surface area contributed by atoms with Gasteiger partial charge in [-0.2, -0.15) is 0 Å². The van der Waals surface area contributed by atoms with Gasteiger partial charge in [0.2, 0.25) is 0 Å². The molecular weight excluding hydrogens is 190 g/mol. The lowest BCUT2D eigenvalue weighted by Crippen LogP contribution is -2.17. The summed E-state index contributed by atoms with van der Waals surface area (Å²) in [5.41, 5.74) is 0. The molecule has 1 aromatic carbocycles. The fraction of sp³-hybridized carbons (Fsp3) is 0.333. The van der Waals surface area contributed by atoms with E-state index in [-0.39, 0.29) is 0 Å². The Morgan fingerprint density at radius 1 is 1.21 bits per heavy atom. The van der Waals surface area contributed by atoms with Crippen molar-refractivity contribution in [3.05, 3.63) is 43.0 Å². The van der Waals surface area contributed by atoms with Crippen LogP contribution in [-0.4, -0.2) is 18.8 Å². The van der Waals surface area contributed by atoms with Crippen LogP contribution in [0.1, 0.15) is 6.42 Å². The van der Waals surface area contributed by atoms with Crippen LogP contribution in [0.5, 0.6) is 0 Å². The molecule has 0 aliphatic heterocycles. The summed E-state index contributed by atoms with van der Waals surface area (Å²) in [4.78, 5) is 1.35. The van der Waals surface area contributed by atoms with Crippen LogP contribution in [0.3, 0.4) is 0 Å². The molecule has 0 radical (unpaired) electrons. The normalized spacial score (nSPS) is 10.0. The van der Waals surface area contributed by atoms with Crippen LogP contribution in [0.15, 0.2) is 47.9 Å². The first kappa shape index (κ1) is 11.3. The lowest BCUT2D eigenvalue weighted by Gasteiger charge is -2.02. The zero-order valence-electron chi connectivity index (χ0n) is 8.41. The van der Waals surface area contributed by atoms with E-state index in [0.29, 0.717) is 0 Å². The molecule has 0 aliphatic rings. The third-order valence-corrected chi connectivity index (χ3v) is 2.83. The summed E-state index contributed by atoms with van der Waals surface area (Å²) in [6, 6.07) is 10.5. The Balaban J connectivity index is 2.02. The quantitative estimate of drug-likeness (QED) is 0.419. The number of hydrogen-bond acceptors (Lipinski definition) is 2. The molecule has 0 heterocycles. The van der Waals surface area contributed by atoms with Crippen molar-refractivity contribution < 1.29 is 0 Å². The van der Waals surface area contributed by atoms with Gasteiger partial charge < -0.3 is 5.32 Å². The van der Waals surface area contributed by atoms with Crippen LogP contribution in [0, 0.1) is 0 Å². The van der Waals surface area contributed by atoms with Gasteiger partial charge in [0.15, 0.2) is 0 Å². The van der Waals surface area contributed by atoms with Gasteiger partial charge in [0.1, 0.15) is 0 Å². The molecule has 0 bridgehead atoms. The summed E-state index contributed by atoms with van der Waals surface area (Å²) < 4.78 is 0. The molecular formula is C12H17NS. The Bertz CT molecular complexity index is 246. The zero-order chi connectivity index (χ0) is 10.1. The maximum absolute atomic E-state index is 3.68. The van der Waals surface area contributed by atoms with Gasteiger partial charge in [-0.25, -0.2) is 0 Å². The molecule has 0 fully saturated rings. The third-order valence-electron chi connectivity index (χ3n) is 1.82. The van der Waals surface area contributed by atoms with Crippen LogP contribution in [0.4, 0.5) is 0 Å². The maximum atomic E-state index is 3.68. The first-order valence-corrected chi connectivity index (χ1v) is 5.91. The SMILES string of the molecule is C=CCCNCCSc1ccccc1. The first-order valence-electron chi connectivity index (χ1n) is 4.93. The van der Waals surface area contributed by atoms with Crippen molar-refractivity contribution in [1.29, 1.82) is 0 Å². The van der Waals surface area contributed by atoms with Crippen LogP contribution in [0.25, 0.3) is 0 Å². The summed E-state index contributed by atoms with van der Waals surface area (Å²) in [5, 5.41) is 3.36. The van der Waals surface area contributed by atoms with Crippen LogP contribution < -0.4 is 5.32 Å². The Morgan fingerprint density at radius 2 is 2.00 bits per heavy atom. The second-order valence-electron chi connectivity index (χ2n) is 2.99. The molecule has 1 rings (SSSR count). The number of nitrogens with one attached hydrogen (secondary N) is 1. The van der Waals surface area contributed by atoms with Gasteiger partial charge >= 0.3 is 0 Å². The van der Waals surface area contributed by atoms with E-state index in [4.69, 9.17) is 0 Å². The van der Waals surface area contributed by atoms with E-state index in [2.05, 4.69) is 36.2 Å². The monoisotopic (exact) mass is 207 g/mol. The van der Waals surface area contributed by atoms with Gasteiger partial charge in [-0.15, -0.1) is 18.3 Å². The average molecular weight is 207 g/mol. The molecule has 1 aromatic rings. The Labute approximate surface area is 90.6 Å². The van der Waals surface area contributed by atoms with Crippen molar-refractivity contribution in [3.63, 3.8) is 0 Å². The van der Waals surface area contributed by atoms with E-state index in [9.17, 15) is 0 Å². The standard InChI is InChI=1S/C12H17NS/c1-2-3-9-13-10-11-14-12-7-5-4-6-8-12/h2,4-8,13H,1,3,9-11H2. The van der Waals surface area contributed by atoms with E-state index in [1.165, 1.54) is 4.90 Å². The van der Waals surface area contributed by atoms with Gasteiger partial charge in [0.05, 0.1) is 0 Å². The average Bonchev–Trinajstić information content (AvgIpc) is 2.25. The maximum Gasteiger partial charge on any atom is 0.0106 e. The Morgan fingerprint density at radius 3 is 2.71 bits per heavy atom. The highest BCUT2D eigenvalue weighted by Crippen LogP contribution is 2.15. The highest BCUT2D eigenvalue weighted by Gasteiger charge is 1.91. The molecule has 0 saturated heterocycles. The number of rotatable bonds is 7. The molecule has 1 nitrogen and oxygen atoms in total. The highest BCUT2D eigenvalue weighted by atomic mass is 32.2. The fourth-order valence-electron chi connectivity index (χ4n) is 1.09. The lowest BCUT2D eigenvalue weighted by atomic mass is 10.4. The highest BCUT2D eigenvalue weighted by molar-refractivity contribution is 7.99. The summed E-state index contributed by atoms with van der Waals surface area (Å²) in [7, 11) is 0. The molecule has 0 aromatic heterocycles. The topological polar surface area (TPSA) is 12.0 Å². The van der Waals surface area contributed by atoms with Crippen molar-refractivity contribution in [1.82, 2.24) is 5.32 Å². The minimum atomic E-state index is 1.04. The van der Waals surface area contributed by atoms with E-state index in [0.717, 1.165) is 25.3 Å². The predicted molar refractivity (Wildman–Crippen MR) is 64.8 cm³/mol. The summed E-state index contributed by atoms with van der Waals surface area (Å²) >= 11 is 1.89. The zero-order valence-corrected chi connectivity index (χ0v) is 9.22. The number of hydrogen-bond donors (Lipinski definition) is 1. The van der Waals surface area contributed by atoms with E-state index >= 15 is 0 Å². The Hall–Kier alpha value is -0.730. The molecule has 0 spiro atoms. The summed E-state index contributed by atoms with van der Waals surface area (Å²) in [6.45, 7) is 5.78. The summed E-state index contributed by atoms with van der Waals surface area (Å²) in [6.07, 6.45) is 2.99. The minimum Gasteiger partial charge on any atom is -0.316 e. The van der Waals surface area contributed by atoms with Gasteiger partial charge in [0.25, 0.3) is 0 Å². The van der Waals surface area contributed by atoms with E-state index in [1.807, 2.05) is 23.9 Å². The molecule has 76 valence electrons. The smallest absolute Gasteiger partial charge is 0.0106 e. The molecule has 0 atom stereocenters. The lowest BCUT2D eigenvalue weighted by molar-refractivity contribution is 0.732. The van der Waals surface area contributed by atoms with Crippen molar-refractivity contribution in [3.8, 4) is 0 Å². The molecule has 14 heavy (non-hydrogen) atoms. The third kappa shape index (κ3) is 5.10. The van der Waals surface area contributed by atoms with Crippen molar-refractivity contribution >= 4 is 11.8 Å². The minimum absolute atomic E-state index is 1.04. The van der Waals surface area contributed by atoms with E-state index < -0.39 is 0 Å². The van der Waals surface area contributed by atoms with Gasteiger partial charge in [-0.05, 0) is 25.1 Å². The number of benzene rings is 1. The second kappa shape index (κ2) is 7.65. The molecule has 0 amide bonds. The molecule has 0 unspecified atom stereocenters. The van der Waals surface area contributed by atoms with Crippen molar-refractivity contribution in [2.45, 2.75) is 11.3 Å². The number of thioether (sulfide) groups is 1. The Kier molecular flexibility index (Phi) is 6.20. The molecule has 0 saturated carbocycles. The fourth-order valence-corrected chi connectivity index (χ4v) is 1.92. The van der Waals surface area contributed by atoms with Crippen LogP contribution in [0.2, 0.25) is 0 Å². The van der Waals surface area contributed by atoms with Crippen molar-refractivity contribution in [2.24, 2.45) is 0 Å². The van der Waals surface area contributed by atoms with Crippen LogP contribution in [-0.2, 0) is 0 Å². The second-order valence-corrected chi connectivity index (χ2v) is 4.16. The predicted octanol–water partition coefficient (Wildman–Crippen LogP) is 2.94. The van der Waals surface area contributed by atoms with Gasteiger partial charge in [-0.1, -0.05) is 24.3 Å². The molecule has 2 heteroatoms. The first-order chi connectivity index (χ1) is 6.93. The largest absolute Gasteiger partial charge is 0.316 e. The van der Waals surface area contributed by atoms with Crippen molar-refractivity contribution in [2.75, 3.05) is 18.8 Å². The van der Waals surface area contributed by atoms with E-state index in [1.54, 1.807) is 0 Å². The van der Waals surface area contributed by atoms with Gasteiger partial charge in [-0.3, -0.25) is 0 Å². The molecule has 1 N–H and O–H groups in total. The van der Waals surface area contributed by atoms with Gasteiger partial charge in [0, 0.05) is 17.2 Å². The summed E-state index contributed by atoms with van der Waals surface area (Å²) in [5.74, 6) is 1.13. The molecule has 0 aliphatic carbocycles.